The van der Waals surface area contributed by atoms with Gasteiger partial charge < -0.3 is 4.52 Å². The molecule has 7 heteroatoms. The number of para-hydroxylation sites is 1. The van der Waals surface area contributed by atoms with Gasteiger partial charge in [-0.15, -0.1) is 11.3 Å². The minimum Gasteiger partial charge on any atom is -0.360 e. The van der Waals surface area contributed by atoms with Crippen LogP contribution >= 0.6 is 23.1 Å². The van der Waals surface area contributed by atoms with E-state index in [0.29, 0.717) is 10.9 Å². The van der Waals surface area contributed by atoms with Crippen molar-refractivity contribution in [3.8, 4) is 5.69 Å². The fraction of sp³-hybridized carbons (Fsp3) is 0.348. The molecule has 1 aliphatic rings. The maximum atomic E-state index is 13.8. The quantitative estimate of drug-likeness (QED) is 0.236. The number of thioether (sulfide) groups is 1. The summed E-state index contributed by atoms with van der Waals surface area (Å²) < 4.78 is 7.16. The van der Waals surface area contributed by atoms with E-state index in [9.17, 15) is 4.79 Å². The van der Waals surface area contributed by atoms with Crippen molar-refractivity contribution < 1.29 is 4.52 Å². The Kier molecular flexibility index (Phi) is 5.25. The van der Waals surface area contributed by atoms with Crippen LogP contribution in [0.5, 0.6) is 0 Å². The van der Waals surface area contributed by atoms with Crippen LogP contribution in [0.2, 0.25) is 0 Å². The fourth-order valence-electron chi connectivity index (χ4n) is 4.11. The second kappa shape index (κ2) is 8.04. The van der Waals surface area contributed by atoms with Gasteiger partial charge in [-0.3, -0.25) is 9.36 Å². The van der Waals surface area contributed by atoms with E-state index in [1.165, 1.54) is 35.0 Å². The van der Waals surface area contributed by atoms with E-state index >= 15 is 0 Å². The fourth-order valence-corrected chi connectivity index (χ4v) is 6.29. The maximum absolute atomic E-state index is 13.8. The van der Waals surface area contributed by atoms with Crippen LogP contribution in [0.1, 0.15) is 46.7 Å². The molecule has 0 radical (unpaired) electrons. The summed E-state index contributed by atoms with van der Waals surface area (Å²) in [5.74, 6) is 1.36. The van der Waals surface area contributed by atoms with Crippen LogP contribution < -0.4 is 5.56 Å². The largest absolute Gasteiger partial charge is 0.360 e. The molecule has 0 unspecified atom stereocenters. The van der Waals surface area contributed by atoms with Crippen molar-refractivity contribution in [3.63, 3.8) is 0 Å². The van der Waals surface area contributed by atoms with Crippen LogP contribution in [0.4, 0.5) is 0 Å². The Bertz CT molecular complexity index is 1290. The van der Waals surface area contributed by atoms with Crippen LogP contribution in [0.25, 0.3) is 15.9 Å². The van der Waals surface area contributed by atoms with E-state index in [0.717, 1.165) is 52.2 Å². The third-order valence-electron chi connectivity index (χ3n) is 5.58. The van der Waals surface area contributed by atoms with Gasteiger partial charge in [0, 0.05) is 10.9 Å². The third-order valence-corrected chi connectivity index (χ3v) is 7.73. The zero-order chi connectivity index (χ0) is 20.7. The van der Waals surface area contributed by atoms with E-state index in [-0.39, 0.29) is 5.56 Å². The molecular formula is C23H23N3O2S2. The lowest BCUT2D eigenvalue weighted by Crippen LogP contribution is -2.22. The molecule has 154 valence electrons. The van der Waals surface area contributed by atoms with Gasteiger partial charge in [0.1, 0.15) is 10.6 Å². The van der Waals surface area contributed by atoms with Crippen molar-refractivity contribution >= 4 is 33.3 Å². The molecule has 5 nitrogen and oxygen atoms in total. The topological polar surface area (TPSA) is 60.9 Å². The summed E-state index contributed by atoms with van der Waals surface area (Å²) in [7, 11) is 0. The van der Waals surface area contributed by atoms with Crippen molar-refractivity contribution in [2.75, 3.05) is 0 Å². The first-order valence-electron chi connectivity index (χ1n) is 10.3. The molecule has 1 aromatic carbocycles. The molecule has 0 aliphatic heterocycles. The summed E-state index contributed by atoms with van der Waals surface area (Å²) >= 11 is 3.22. The first-order valence-corrected chi connectivity index (χ1v) is 12.1. The minimum absolute atomic E-state index is 0.0463. The lowest BCUT2D eigenvalue weighted by Gasteiger charge is -2.14. The number of fused-ring (bicyclic) bond motifs is 3. The van der Waals surface area contributed by atoms with Gasteiger partial charge in [-0.2, -0.15) is 0 Å². The SMILES string of the molecule is Cc1cc(CSc2nc3sc4c(c3c(=O)n2-c2ccccc2C)CCCCC4)on1. The number of hydrogen-bond donors (Lipinski definition) is 0. The molecule has 4 aromatic rings. The van der Waals surface area contributed by atoms with E-state index in [1.807, 2.05) is 44.2 Å². The molecule has 30 heavy (non-hydrogen) atoms. The molecular weight excluding hydrogens is 414 g/mol. The highest BCUT2D eigenvalue weighted by Gasteiger charge is 2.23. The van der Waals surface area contributed by atoms with Crippen molar-refractivity contribution in [1.82, 2.24) is 14.7 Å². The zero-order valence-corrected chi connectivity index (χ0v) is 18.7. The van der Waals surface area contributed by atoms with E-state index in [1.54, 1.807) is 15.9 Å². The van der Waals surface area contributed by atoms with Gasteiger partial charge in [-0.1, -0.05) is 41.5 Å². The molecule has 0 N–H and O–H groups in total. The molecule has 0 amide bonds. The molecule has 0 atom stereocenters. The molecule has 0 saturated heterocycles. The van der Waals surface area contributed by atoms with Gasteiger partial charge in [0.2, 0.25) is 0 Å². The van der Waals surface area contributed by atoms with Gasteiger partial charge in [0.15, 0.2) is 5.16 Å². The number of aryl methyl sites for hydroxylation is 4. The molecule has 0 spiro atoms. The van der Waals surface area contributed by atoms with Crippen molar-refractivity contribution in [3.05, 3.63) is 68.1 Å². The Morgan fingerprint density at radius 1 is 1.17 bits per heavy atom. The van der Waals surface area contributed by atoms with Crippen molar-refractivity contribution in [1.29, 1.82) is 0 Å². The smallest absolute Gasteiger partial charge is 0.267 e. The predicted molar refractivity (Wildman–Crippen MR) is 122 cm³/mol. The molecule has 1 aliphatic carbocycles. The van der Waals surface area contributed by atoms with E-state index in [4.69, 9.17) is 9.51 Å². The highest BCUT2D eigenvalue weighted by atomic mass is 32.2. The van der Waals surface area contributed by atoms with Crippen LogP contribution in [-0.4, -0.2) is 14.7 Å². The summed E-state index contributed by atoms with van der Waals surface area (Å²) in [5, 5.41) is 5.49. The monoisotopic (exact) mass is 437 g/mol. The third kappa shape index (κ3) is 3.50. The van der Waals surface area contributed by atoms with Crippen LogP contribution in [0.15, 0.2) is 44.8 Å². The zero-order valence-electron chi connectivity index (χ0n) is 17.1. The lowest BCUT2D eigenvalue weighted by molar-refractivity contribution is 0.391. The summed E-state index contributed by atoms with van der Waals surface area (Å²) in [4.78, 5) is 21.0. The Balaban J connectivity index is 1.70. The molecule has 3 heterocycles. The van der Waals surface area contributed by atoms with Gasteiger partial charge >= 0.3 is 0 Å². The number of rotatable bonds is 4. The standard InChI is InChI=1S/C23H23N3O2S2/c1-14-8-6-7-10-18(14)26-22(27)20-17-9-4-3-5-11-19(17)30-21(20)24-23(26)29-13-16-12-15(2)25-28-16/h6-8,10,12H,3-5,9,11,13H2,1-2H3. The molecule has 0 saturated carbocycles. The number of benzene rings is 1. The average Bonchev–Trinajstić information content (AvgIpc) is 3.23. The van der Waals surface area contributed by atoms with Gasteiger partial charge in [-0.05, 0) is 56.7 Å². The van der Waals surface area contributed by atoms with Gasteiger partial charge in [0.05, 0.1) is 22.5 Å². The second-order valence-corrected chi connectivity index (χ2v) is 9.82. The van der Waals surface area contributed by atoms with Crippen LogP contribution in [0, 0.1) is 13.8 Å². The molecule has 0 bridgehead atoms. The summed E-state index contributed by atoms with van der Waals surface area (Å²) in [6.45, 7) is 3.94. The first-order chi connectivity index (χ1) is 14.6. The van der Waals surface area contributed by atoms with Crippen LogP contribution in [-0.2, 0) is 18.6 Å². The van der Waals surface area contributed by atoms with Crippen molar-refractivity contribution in [2.24, 2.45) is 0 Å². The Morgan fingerprint density at radius 2 is 2.00 bits per heavy atom. The minimum atomic E-state index is 0.0463. The Hall–Kier alpha value is -2.38. The number of aromatic nitrogens is 3. The second-order valence-electron chi connectivity index (χ2n) is 7.79. The first kappa shape index (κ1) is 19.6. The maximum Gasteiger partial charge on any atom is 0.267 e. The normalized spacial score (nSPS) is 14.1. The van der Waals surface area contributed by atoms with E-state index in [2.05, 4.69) is 5.16 Å². The highest BCUT2D eigenvalue weighted by Crippen LogP contribution is 2.35. The summed E-state index contributed by atoms with van der Waals surface area (Å²) in [6, 6.07) is 9.93. The number of hydrogen-bond acceptors (Lipinski definition) is 6. The lowest BCUT2D eigenvalue weighted by atomic mass is 10.1. The van der Waals surface area contributed by atoms with Crippen molar-refractivity contribution in [2.45, 2.75) is 56.9 Å². The molecule has 3 aromatic heterocycles. The Morgan fingerprint density at radius 3 is 2.80 bits per heavy atom. The number of thiophene rings is 1. The molecule has 5 rings (SSSR count). The number of nitrogens with zero attached hydrogens (tertiary/aromatic N) is 3. The van der Waals surface area contributed by atoms with Gasteiger partial charge in [0.25, 0.3) is 5.56 Å². The Labute approximate surface area is 183 Å². The summed E-state index contributed by atoms with van der Waals surface area (Å²) in [6.07, 6.45) is 5.60. The van der Waals surface area contributed by atoms with Gasteiger partial charge in [-0.25, -0.2) is 4.98 Å². The van der Waals surface area contributed by atoms with E-state index < -0.39 is 0 Å². The summed E-state index contributed by atoms with van der Waals surface area (Å²) in [5.41, 5.74) is 4.08. The molecule has 0 fully saturated rings. The predicted octanol–water partition coefficient (Wildman–Crippen LogP) is 5.61. The van der Waals surface area contributed by atoms with Crippen LogP contribution in [0.3, 0.4) is 0 Å². The highest BCUT2D eigenvalue weighted by molar-refractivity contribution is 7.98. The average molecular weight is 438 g/mol.